The van der Waals surface area contributed by atoms with Crippen LogP contribution in [0.25, 0.3) is 0 Å². The van der Waals surface area contributed by atoms with Gasteiger partial charge in [-0.15, -0.1) is 0 Å². The number of anilines is 1. The summed E-state index contributed by atoms with van der Waals surface area (Å²) in [5, 5.41) is 0. The molecule has 128 valence electrons. The van der Waals surface area contributed by atoms with Gasteiger partial charge in [0.2, 0.25) is 5.91 Å². The molecule has 1 heterocycles. The Morgan fingerprint density at radius 3 is 2.56 bits per heavy atom. The Labute approximate surface area is 151 Å². The molecular weight excluding hydrogens is 393 g/mol. The number of hydrazine groups is 1. The first-order valence-corrected chi connectivity index (χ1v) is 8.19. The van der Waals surface area contributed by atoms with Crippen molar-refractivity contribution in [2.75, 3.05) is 4.90 Å². The lowest BCUT2D eigenvalue weighted by molar-refractivity contribution is -0.121. The third kappa shape index (κ3) is 3.75. The van der Waals surface area contributed by atoms with Crippen LogP contribution in [0.15, 0.2) is 53.0 Å². The molecule has 8 heteroatoms. The minimum absolute atomic E-state index is 0.102. The topological polar surface area (TPSA) is 78.5 Å². The van der Waals surface area contributed by atoms with E-state index in [2.05, 4.69) is 26.8 Å². The molecule has 1 saturated heterocycles. The van der Waals surface area contributed by atoms with E-state index in [9.17, 15) is 18.8 Å². The molecule has 0 unspecified atom stereocenters. The van der Waals surface area contributed by atoms with Crippen molar-refractivity contribution < 1.29 is 18.8 Å². The molecule has 3 rings (SSSR count). The monoisotopic (exact) mass is 405 g/mol. The molecule has 0 radical (unpaired) electrons. The molecule has 1 aliphatic heterocycles. The van der Waals surface area contributed by atoms with Gasteiger partial charge in [0.05, 0.1) is 12.1 Å². The van der Waals surface area contributed by atoms with Gasteiger partial charge in [-0.05, 0) is 42.5 Å². The van der Waals surface area contributed by atoms with Crippen LogP contribution in [0.4, 0.5) is 10.1 Å². The summed E-state index contributed by atoms with van der Waals surface area (Å²) >= 11 is 3.27. The highest BCUT2D eigenvalue weighted by molar-refractivity contribution is 9.10. The van der Waals surface area contributed by atoms with Crippen molar-refractivity contribution in [2.24, 2.45) is 0 Å². The molecular formula is C17H13BrFN3O3. The first kappa shape index (κ1) is 17.2. The SMILES string of the molecule is O=C(NN[C@H]1CC(=O)N(c2ccc(F)cc2)C1=O)c1cccc(Br)c1. The highest BCUT2D eigenvalue weighted by Crippen LogP contribution is 2.22. The number of halogens is 2. The maximum Gasteiger partial charge on any atom is 0.265 e. The predicted octanol–water partition coefficient (Wildman–Crippen LogP) is 2.15. The highest BCUT2D eigenvalue weighted by atomic mass is 79.9. The number of rotatable bonds is 4. The van der Waals surface area contributed by atoms with Crippen molar-refractivity contribution in [3.8, 4) is 0 Å². The summed E-state index contributed by atoms with van der Waals surface area (Å²) in [6.45, 7) is 0. The van der Waals surface area contributed by atoms with Crippen molar-refractivity contribution >= 4 is 39.3 Å². The Morgan fingerprint density at radius 1 is 1.16 bits per heavy atom. The van der Waals surface area contributed by atoms with E-state index in [0.29, 0.717) is 11.3 Å². The summed E-state index contributed by atoms with van der Waals surface area (Å²) in [5.41, 5.74) is 5.71. The molecule has 0 aliphatic carbocycles. The van der Waals surface area contributed by atoms with Crippen LogP contribution in [0.1, 0.15) is 16.8 Å². The molecule has 3 amide bonds. The van der Waals surface area contributed by atoms with E-state index in [-0.39, 0.29) is 6.42 Å². The first-order chi connectivity index (χ1) is 12.0. The molecule has 0 saturated carbocycles. The second kappa shape index (κ2) is 7.12. The van der Waals surface area contributed by atoms with Gasteiger partial charge < -0.3 is 0 Å². The number of hydrogen-bond donors (Lipinski definition) is 2. The van der Waals surface area contributed by atoms with Crippen LogP contribution in [0.2, 0.25) is 0 Å². The van der Waals surface area contributed by atoms with Crippen LogP contribution in [-0.4, -0.2) is 23.8 Å². The third-order valence-electron chi connectivity index (χ3n) is 3.68. The zero-order chi connectivity index (χ0) is 18.0. The van der Waals surface area contributed by atoms with Gasteiger partial charge in [-0.2, -0.15) is 0 Å². The van der Waals surface area contributed by atoms with Gasteiger partial charge in [0.25, 0.3) is 11.8 Å². The van der Waals surface area contributed by atoms with Crippen molar-refractivity contribution in [1.29, 1.82) is 0 Å². The van der Waals surface area contributed by atoms with Crippen molar-refractivity contribution in [2.45, 2.75) is 12.5 Å². The summed E-state index contributed by atoms with van der Waals surface area (Å²) in [6, 6.07) is 10.9. The van der Waals surface area contributed by atoms with Gasteiger partial charge in [-0.25, -0.2) is 14.7 Å². The number of carbonyl (C=O) groups is 3. The lowest BCUT2D eigenvalue weighted by Gasteiger charge is -2.16. The minimum atomic E-state index is -0.881. The Bertz CT molecular complexity index is 841. The van der Waals surface area contributed by atoms with Gasteiger partial charge in [0.15, 0.2) is 0 Å². The fourth-order valence-corrected chi connectivity index (χ4v) is 2.86. The fraction of sp³-hybridized carbons (Fsp3) is 0.118. The zero-order valence-corrected chi connectivity index (χ0v) is 14.4. The van der Waals surface area contributed by atoms with Gasteiger partial charge in [-0.3, -0.25) is 19.8 Å². The van der Waals surface area contributed by atoms with E-state index < -0.39 is 29.6 Å². The largest absolute Gasteiger partial charge is 0.287 e. The van der Waals surface area contributed by atoms with E-state index >= 15 is 0 Å². The van der Waals surface area contributed by atoms with Crippen LogP contribution in [0, 0.1) is 5.82 Å². The summed E-state index contributed by atoms with van der Waals surface area (Å²) in [6.07, 6.45) is -0.102. The van der Waals surface area contributed by atoms with E-state index in [1.807, 2.05) is 0 Å². The van der Waals surface area contributed by atoms with Gasteiger partial charge in [0, 0.05) is 10.0 Å². The van der Waals surface area contributed by atoms with E-state index in [1.54, 1.807) is 24.3 Å². The molecule has 25 heavy (non-hydrogen) atoms. The second-order valence-corrected chi connectivity index (χ2v) is 6.32. The summed E-state index contributed by atoms with van der Waals surface area (Å²) in [7, 11) is 0. The number of nitrogens with one attached hydrogen (secondary N) is 2. The van der Waals surface area contributed by atoms with Gasteiger partial charge in [-0.1, -0.05) is 22.0 Å². The van der Waals surface area contributed by atoms with Gasteiger partial charge in [0.1, 0.15) is 11.9 Å². The van der Waals surface area contributed by atoms with Crippen molar-refractivity contribution in [3.05, 3.63) is 64.4 Å². The Kier molecular flexibility index (Phi) is 4.91. The number of hydrogen-bond acceptors (Lipinski definition) is 4. The molecule has 0 bridgehead atoms. The van der Waals surface area contributed by atoms with Crippen LogP contribution >= 0.6 is 15.9 Å². The van der Waals surface area contributed by atoms with E-state index in [0.717, 1.165) is 9.37 Å². The molecule has 0 aromatic heterocycles. The average Bonchev–Trinajstić information content (AvgIpc) is 2.87. The normalized spacial score (nSPS) is 17.0. The maximum atomic E-state index is 13.0. The van der Waals surface area contributed by atoms with E-state index in [1.165, 1.54) is 24.3 Å². The number of nitrogens with zero attached hydrogens (tertiary/aromatic N) is 1. The van der Waals surface area contributed by atoms with Crippen LogP contribution in [0.5, 0.6) is 0 Å². The molecule has 2 aromatic rings. The molecule has 1 aliphatic rings. The average molecular weight is 406 g/mol. The Hall–Kier alpha value is -2.58. The van der Waals surface area contributed by atoms with Crippen molar-refractivity contribution in [1.82, 2.24) is 10.9 Å². The number of benzene rings is 2. The van der Waals surface area contributed by atoms with Crippen LogP contribution in [-0.2, 0) is 9.59 Å². The van der Waals surface area contributed by atoms with Crippen LogP contribution in [0.3, 0.4) is 0 Å². The summed E-state index contributed by atoms with van der Waals surface area (Å²) in [4.78, 5) is 37.5. The molecule has 1 fully saturated rings. The molecule has 6 nitrogen and oxygen atoms in total. The molecule has 0 spiro atoms. The lowest BCUT2D eigenvalue weighted by atomic mass is 10.2. The van der Waals surface area contributed by atoms with Gasteiger partial charge >= 0.3 is 0 Å². The molecule has 2 N–H and O–H groups in total. The lowest BCUT2D eigenvalue weighted by Crippen LogP contribution is -2.48. The minimum Gasteiger partial charge on any atom is -0.287 e. The zero-order valence-electron chi connectivity index (χ0n) is 12.8. The van der Waals surface area contributed by atoms with Crippen molar-refractivity contribution in [3.63, 3.8) is 0 Å². The molecule has 2 aromatic carbocycles. The third-order valence-corrected chi connectivity index (χ3v) is 4.17. The Balaban J connectivity index is 1.66. The Morgan fingerprint density at radius 2 is 1.88 bits per heavy atom. The highest BCUT2D eigenvalue weighted by Gasteiger charge is 2.39. The maximum absolute atomic E-state index is 13.0. The standard InChI is InChI=1S/C17H13BrFN3O3/c18-11-3-1-2-10(8-11)16(24)21-20-14-9-15(23)22(17(14)25)13-6-4-12(19)5-7-13/h1-8,14,20H,9H2,(H,21,24)/t14-/m0/s1. The summed E-state index contributed by atoms with van der Waals surface area (Å²) < 4.78 is 13.7. The summed E-state index contributed by atoms with van der Waals surface area (Å²) in [5.74, 6) is -1.82. The molecule has 1 atom stereocenters. The quantitative estimate of drug-likeness (QED) is 0.603. The van der Waals surface area contributed by atoms with E-state index in [4.69, 9.17) is 0 Å². The predicted molar refractivity (Wildman–Crippen MR) is 92.0 cm³/mol. The smallest absolute Gasteiger partial charge is 0.265 e. The first-order valence-electron chi connectivity index (χ1n) is 7.39. The second-order valence-electron chi connectivity index (χ2n) is 5.41. The number of imide groups is 1. The number of carbonyl (C=O) groups excluding carboxylic acids is 3. The van der Waals surface area contributed by atoms with Crippen LogP contribution < -0.4 is 15.8 Å². The fourth-order valence-electron chi connectivity index (χ4n) is 2.46. The number of amides is 3.